The lowest BCUT2D eigenvalue weighted by Gasteiger charge is -2.21. The molecule has 0 aliphatic rings. The van der Waals surface area contributed by atoms with Crippen LogP contribution in [-0.2, 0) is 19.3 Å². The van der Waals surface area contributed by atoms with Crippen molar-refractivity contribution in [3.8, 4) is 5.75 Å². The van der Waals surface area contributed by atoms with Crippen LogP contribution in [-0.4, -0.2) is 26.2 Å². The number of amides is 1. The van der Waals surface area contributed by atoms with Gasteiger partial charge < -0.3 is 10.2 Å². The van der Waals surface area contributed by atoms with E-state index in [4.69, 9.17) is 0 Å². The lowest BCUT2D eigenvalue weighted by atomic mass is 10.1. The topological polar surface area (TPSA) is 73.7 Å². The number of phenols is 1. The van der Waals surface area contributed by atoms with E-state index in [1.807, 2.05) is 0 Å². The Morgan fingerprint density at radius 2 is 1.74 bits per heavy atom. The number of aromatic hydroxyl groups is 1. The first-order chi connectivity index (χ1) is 12.8. The lowest BCUT2D eigenvalue weighted by Crippen LogP contribution is -2.28. The van der Waals surface area contributed by atoms with Gasteiger partial charge in [-0.25, -0.2) is 4.79 Å². The molecule has 3 aromatic rings. The third-order valence-corrected chi connectivity index (χ3v) is 4.13. The minimum atomic E-state index is -4.44. The van der Waals surface area contributed by atoms with Crippen molar-refractivity contribution in [2.24, 2.45) is 0 Å². The van der Waals surface area contributed by atoms with Gasteiger partial charge in [-0.15, -0.1) is 0 Å². The van der Waals surface area contributed by atoms with Gasteiger partial charge in [0.05, 0.1) is 12.1 Å². The van der Waals surface area contributed by atoms with Crippen LogP contribution in [0.3, 0.4) is 0 Å². The number of carboxylic acid groups (broad SMARTS) is 1. The fourth-order valence-corrected chi connectivity index (χ4v) is 2.77. The number of rotatable bonds is 4. The van der Waals surface area contributed by atoms with Gasteiger partial charge in [-0.2, -0.15) is 13.2 Å². The fourth-order valence-electron chi connectivity index (χ4n) is 2.77. The summed E-state index contributed by atoms with van der Waals surface area (Å²) in [5, 5.41) is 20.0. The van der Waals surface area contributed by atoms with Crippen molar-refractivity contribution >= 4 is 17.0 Å². The molecule has 3 rings (SSSR count). The maximum Gasteiger partial charge on any atom is 0.416 e. The number of hydrogen-bond donors (Lipinski definition) is 2. The zero-order valence-electron chi connectivity index (χ0n) is 13.9. The number of nitrogens with zero attached hydrogens (tertiary/aromatic N) is 2. The molecule has 0 spiro atoms. The van der Waals surface area contributed by atoms with Gasteiger partial charge >= 0.3 is 12.3 Å². The Bertz CT molecular complexity index is 972. The highest BCUT2D eigenvalue weighted by atomic mass is 19.4. The smallest absolute Gasteiger partial charge is 0.416 e. The molecule has 0 unspecified atom stereocenters. The first-order valence-corrected chi connectivity index (χ1v) is 7.95. The zero-order chi connectivity index (χ0) is 19.6. The fraction of sp³-hybridized carbons (Fsp3) is 0.158. The molecule has 1 aromatic heterocycles. The number of halogens is 3. The van der Waals surface area contributed by atoms with Crippen molar-refractivity contribution < 1.29 is 28.2 Å². The van der Waals surface area contributed by atoms with Gasteiger partial charge in [-0.3, -0.25) is 9.88 Å². The molecule has 0 radical (unpaired) electrons. The van der Waals surface area contributed by atoms with E-state index in [9.17, 15) is 28.2 Å². The number of pyridine rings is 1. The van der Waals surface area contributed by atoms with Crippen LogP contribution in [0.1, 0.15) is 16.7 Å². The molecule has 5 nitrogen and oxygen atoms in total. The summed E-state index contributed by atoms with van der Waals surface area (Å²) in [5.41, 5.74) is 0.635. The molecule has 27 heavy (non-hydrogen) atoms. The van der Waals surface area contributed by atoms with E-state index in [1.165, 1.54) is 24.4 Å². The SMILES string of the molecule is O=C(O)N(Cc1ccc(C(F)(F)F)cc1)Cc1ccc(O)c2ncccc12. The summed E-state index contributed by atoms with van der Waals surface area (Å²) in [4.78, 5) is 16.8. The number of fused-ring (bicyclic) bond motifs is 1. The highest BCUT2D eigenvalue weighted by molar-refractivity contribution is 5.87. The number of aromatic nitrogens is 1. The standard InChI is InChI=1S/C19H15F3N2O3/c20-19(21,22)14-6-3-12(4-7-14)10-24(18(26)27)11-13-5-8-16(25)17-15(13)2-1-9-23-17/h1-9,25H,10-11H2,(H,26,27). The van der Waals surface area contributed by atoms with Crippen LogP contribution in [0.25, 0.3) is 10.9 Å². The van der Waals surface area contributed by atoms with Gasteiger partial charge in [0.25, 0.3) is 0 Å². The molecule has 0 saturated heterocycles. The van der Waals surface area contributed by atoms with Crippen LogP contribution in [0.2, 0.25) is 0 Å². The molecule has 0 aliphatic heterocycles. The van der Waals surface area contributed by atoms with Gasteiger partial charge in [-0.1, -0.05) is 24.3 Å². The van der Waals surface area contributed by atoms with Crippen LogP contribution >= 0.6 is 0 Å². The Morgan fingerprint density at radius 3 is 2.37 bits per heavy atom. The quantitative estimate of drug-likeness (QED) is 0.696. The van der Waals surface area contributed by atoms with Crippen molar-refractivity contribution in [3.05, 3.63) is 71.4 Å². The molecule has 0 bridgehead atoms. The molecule has 0 fully saturated rings. The van der Waals surface area contributed by atoms with Crippen molar-refractivity contribution in [1.82, 2.24) is 9.88 Å². The van der Waals surface area contributed by atoms with Crippen LogP contribution in [0.4, 0.5) is 18.0 Å². The average molecular weight is 376 g/mol. The summed E-state index contributed by atoms with van der Waals surface area (Å²) < 4.78 is 37.9. The van der Waals surface area contributed by atoms with E-state index >= 15 is 0 Å². The largest absolute Gasteiger partial charge is 0.506 e. The first-order valence-electron chi connectivity index (χ1n) is 7.95. The second-order valence-electron chi connectivity index (χ2n) is 5.98. The van der Waals surface area contributed by atoms with Crippen molar-refractivity contribution in [2.45, 2.75) is 19.3 Å². The molecule has 140 valence electrons. The van der Waals surface area contributed by atoms with Crippen LogP contribution in [0.15, 0.2) is 54.7 Å². The monoisotopic (exact) mass is 376 g/mol. The minimum absolute atomic E-state index is 0.00116. The molecular formula is C19H15F3N2O3. The number of alkyl halides is 3. The third kappa shape index (κ3) is 4.11. The van der Waals surface area contributed by atoms with Crippen LogP contribution < -0.4 is 0 Å². The molecule has 2 N–H and O–H groups in total. The maximum atomic E-state index is 12.6. The minimum Gasteiger partial charge on any atom is -0.506 e. The van der Waals surface area contributed by atoms with Crippen molar-refractivity contribution in [1.29, 1.82) is 0 Å². The number of hydrogen-bond acceptors (Lipinski definition) is 3. The van der Waals surface area contributed by atoms with Crippen molar-refractivity contribution in [2.75, 3.05) is 0 Å². The summed E-state index contributed by atoms with van der Waals surface area (Å²) in [6, 6.07) is 10.8. The van der Waals surface area contributed by atoms with E-state index in [0.29, 0.717) is 22.0 Å². The highest BCUT2D eigenvalue weighted by Gasteiger charge is 2.30. The van der Waals surface area contributed by atoms with Crippen LogP contribution in [0.5, 0.6) is 5.75 Å². The van der Waals surface area contributed by atoms with E-state index < -0.39 is 17.8 Å². The zero-order valence-corrected chi connectivity index (χ0v) is 13.9. The van der Waals surface area contributed by atoms with Crippen molar-refractivity contribution in [3.63, 3.8) is 0 Å². The molecule has 0 atom stereocenters. The Labute approximate surface area is 152 Å². The average Bonchev–Trinajstić information content (AvgIpc) is 2.63. The molecule has 2 aromatic carbocycles. The first kappa shape index (κ1) is 18.5. The van der Waals surface area contributed by atoms with E-state index in [2.05, 4.69) is 4.98 Å². The molecular weight excluding hydrogens is 361 g/mol. The van der Waals surface area contributed by atoms with Gasteiger partial charge in [-0.05, 0) is 35.4 Å². The second kappa shape index (κ2) is 7.14. The molecule has 8 heteroatoms. The van der Waals surface area contributed by atoms with Gasteiger partial charge in [0, 0.05) is 18.1 Å². The van der Waals surface area contributed by atoms with E-state index in [0.717, 1.165) is 17.0 Å². The lowest BCUT2D eigenvalue weighted by molar-refractivity contribution is -0.137. The summed E-state index contributed by atoms with van der Waals surface area (Å²) >= 11 is 0. The Hall–Kier alpha value is -3.29. The highest BCUT2D eigenvalue weighted by Crippen LogP contribution is 2.30. The molecule has 1 heterocycles. The van der Waals surface area contributed by atoms with E-state index in [-0.39, 0.29) is 18.8 Å². The van der Waals surface area contributed by atoms with E-state index in [1.54, 1.807) is 18.2 Å². The predicted molar refractivity (Wildman–Crippen MR) is 92.1 cm³/mol. The molecule has 0 aliphatic carbocycles. The Morgan fingerprint density at radius 1 is 1.04 bits per heavy atom. The number of phenolic OH excluding ortho intramolecular Hbond substituents is 1. The van der Waals surface area contributed by atoms with Gasteiger partial charge in [0.1, 0.15) is 11.3 Å². The Kier molecular flexibility index (Phi) is 4.89. The summed E-state index contributed by atoms with van der Waals surface area (Å²) in [7, 11) is 0. The Balaban J connectivity index is 1.85. The second-order valence-corrected chi connectivity index (χ2v) is 5.98. The van der Waals surface area contributed by atoms with Crippen LogP contribution in [0, 0.1) is 0 Å². The maximum absolute atomic E-state index is 12.6. The third-order valence-electron chi connectivity index (χ3n) is 4.13. The van der Waals surface area contributed by atoms with Gasteiger partial charge in [0.2, 0.25) is 0 Å². The number of benzene rings is 2. The predicted octanol–water partition coefficient (Wildman–Crippen LogP) is 4.64. The summed E-state index contributed by atoms with van der Waals surface area (Å²) in [6.45, 7) is -0.0745. The number of carbonyl (C=O) groups is 1. The molecule has 0 saturated carbocycles. The van der Waals surface area contributed by atoms with Gasteiger partial charge in [0.15, 0.2) is 0 Å². The summed E-state index contributed by atoms with van der Waals surface area (Å²) in [5.74, 6) is -0.0148. The normalized spacial score (nSPS) is 11.5. The molecule has 1 amide bonds. The summed E-state index contributed by atoms with van der Waals surface area (Å²) in [6.07, 6.45) is -4.13.